The molecular weight excluding hydrogens is 304 g/mol. The second kappa shape index (κ2) is 5.61. The molecule has 1 heterocycles. The van der Waals surface area contributed by atoms with Crippen LogP contribution in [-0.4, -0.2) is 5.11 Å². The van der Waals surface area contributed by atoms with Gasteiger partial charge in [-0.25, -0.2) is 0 Å². The van der Waals surface area contributed by atoms with Crippen LogP contribution in [0.25, 0.3) is 0 Å². The molecule has 106 valence electrons. The lowest BCUT2D eigenvalue weighted by Gasteiger charge is -2.44. The van der Waals surface area contributed by atoms with Crippen LogP contribution < -0.4 is 0 Å². The molecule has 2 fully saturated rings. The van der Waals surface area contributed by atoms with Gasteiger partial charge in [-0.2, -0.15) is 0 Å². The first-order valence-electron chi connectivity index (χ1n) is 7.67. The van der Waals surface area contributed by atoms with Gasteiger partial charge < -0.3 is 9.52 Å². The van der Waals surface area contributed by atoms with E-state index in [-0.39, 0.29) is 0 Å². The normalized spacial score (nSPS) is 33.5. The zero-order valence-electron chi connectivity index (χ0n) is 11.4. The van der Waals surface area contributed by atoms with E-state index < -0.39 is 5.60 Å². The van der Waals surface area contributed by atoms with Crippen molar-refractivity contribution in [2.45, 2.75) is 63.4 Å². The van der Waals surface area contributed by atoms with Crippen molar-refractivity contribution in [3.05, 3.63) is 22.6 Å². The van der Waals surface area contributed by atoms with Crippen molar-refractivity contribution < 1.29 is 9.52 Å². The van der Waals surface area contributed by atoms with Gasteiger partial charge in [0.2, 0.25) is 0 Å². The molecule has 2 nitrogen and oxygen atoms in total. The molecule has 19 heavy (non-hydrogen) atoms. The highest BCUT2D eigenvalue weighted by Crippen LogP contribution is 2.50. The number of furan rings is 1. The van der Waals surface area contributed by atoms with Crippen LogP contribution in [0.2, 0.25) is 0 Å². The molecule has 0 bridgehead atoms. The topological polar surface area (TPSA) is 33.4 Å². The highest BCUT2D eigenvalue weighted by atomic mass is 79.9. The Morgan fingerprint density at radius 2 is 1.84 bits per heavy atom. The minimum atomic E-state index is -0.747. The molecule has 0 saturated heterocycles. The number of rotatable bonds is 2. The van der Waals surface area contributed by atoms with E-state index in [0.717, 1.165) is 29.5 Å². The van der Waals surface area contributed by atoms with Crippen LogP contribution in [0.5, 0.6) is 0 Å². The molecule has 1 aromatic rings. The Balaban J connectivity index is 1.89. The molecule has 2 saturated carbocycles. The summed E-state index contributed by atoms with van der Waals surface area (Å²) in [6.45, 7) is 0. The zero-order chi connectivity index (χ0) is 13.3. The summed E-state index contributed by atoms with van der Waals surface area (Å²) < 4.78 is 6.56. The van der Waals surface area contributed by atoms with Gasteiger partial charge in [0, 0.05) is 0 Å². The van der Waals surface area contributed by atoms with Crippen LogP contribution in [0.1, 0.15) is 63.5 Å². The number of hydrogen-bond acceptors (Lipinski definition) is 2. The molecule has 0 spiro atoms. The third kappa shape index (κ3) is 2.52. The molecule has 2 atom stereocenters. The molecule has 2 aliphatic rings. The minimum absolute atomic E-state index is 0.379. The van der Waals surface area contributed by atoms with Crippen molar-refractivity contribution in [3.63, 3.8) is 0 Å². The molecule has 0 radical (unpaired) electrons. The smallest absolute Gasteiger partial charge is 0.149 e. The lowest BCUT2D eigenvalue weighted by Crippen LogP contribution is -2.42. The van der Waals surface area contributed by atoms with E-state index in [2.05, 4.69) is 15.9 Å². The summed E-state index contributed by atoms with van der Waals surface area (Å²) in [6, 6.07) is 1.90. The Labute approximate surface area is 123 Å². The lowest BCUT2D eigenvalue weighted by atomic mass is 9.64. The van der Waals surface area contributed by atoms with Crippen LogP contribution in [0.15, 0.2) is 21.2 Å². The Bertz CT molecular complexity index is 422. The fourth-order valence-corrected chi connectivity index (χ4v) is 4.77. The molecule has 0 aliphatic heterocycles. The summed E-state index contributed by atoms with van der Waals surface area (Å²) in [5.74, 6) is 1.82. The van der Waals surface area contributed by atoms with Crippen LogP contribution in [-0.2, 0) is 5.60 Å². The van der Waals surface area contributed by atoms with E-state index in [1.165, 1.54) is 38.5 Å². The maximum Gasteiger partial charge on any atom is 0.149 e. The van der Waals surface area contributed by atoms with Gasteiger partial charge in [0.25, 0.3) is 0 Å². The summed E-state index contributed by atoms with van der Waals surface area (Å²) in [7, 11) is 0. The fourth-order valence-electron chi connectivity index (χ4n) is 4.23. The summed E-state index contributed by atoms with van der Waals surface area (Å²) >= 11 is 3.53. The standard InChI is InChI=1S/C16H23BrO2/c17-14-9-11-19-15(14)16(18)10-5-4-8-13(16)12-6-2-1-3-7-12/h9,11-13,18H,1-8,10H2. The number of hydrogen-bond donors (Lipinski definition) is 1. The molecule has 3 rings (SSSR count). The summed E-state index contributed by atoms with van der Waals surface area (Å²) in [5.41, 5.74) is -0.747. The first kappa shape index (κ1) is 13.7. The fraction of sp³-hybridized carbons (Fsp3) is 0.750. The summed E-state index contributed by atoms with van der Waals surface area (Å²) in [5, 5.41) is 11.3. The summed E-state index contributed by atoms with van der Waals surface area (Å²) in [4.78, 5) is 0. The Morgan fingerprint density at radius 3 is 2.53 bits per heavy atom. The number of aliphatic hydroxyl groups is 1. The Kier molecular flexibility index (Phi) is 4.04. The lowest BCUT2D eigenvalue weighted by molar-refractivity contribution is -0.0980. The van der Waals surface area contributed by atoms with E-state index in [1.807, 2.05) is 6.07 Å². The maximum absolute atomic E-state index is 11.3. The van der Waals surface area contributed by atoms with Gasteiger partial charge >= 0.3 is 0 Å². The molecule has 1 aromatic heterocycles. The average molecular weight is 327 g/mol. The largest absolute Gasteiger partial charge is 0.465 e. The quantitative estimate of drug-likeness (QED) is 0.829. The van der Waals surface area contributed by atoms with Crippen LogP contribution in [0.3, 0.4) is 0 Å². The SMILES string of the molecule is OC1(c2occc2Br)CCCCC1C1CCCCC1. The van der Waals surface area contributed by atoms with Crippen molar-refractivity contribution in [3.8, 4) is 0 Å². The monoisotopic (exact) mass is 326 g/mol. The maximum atomic E-state index is 11.3. The van der Waals surface area contributed by atoms with Crippen molar-refractivity contribution in [2.75, 3.05) is 0 Å². The third-order valence-corrected chi connectivity index (χ3v) is 5.79. The third-order valence-electron chi connectivity index (χ3n) is 5.17. The van der Waals surface area contributed by atoms with Gasteiger partial charge in [0.15, 0.2) is 0 Å². The zero-order valence-corrected chi connectivity index (χ0v) is 13.0. The van der Waals surface area contributed by atoms with Crippen LogP contribution in [0, 0.1) is 11.8 Å². The minimum Gasteiger partial charge on any atom is -0.465 e. The van der Waals surface area contributed by atoms with Gasteiger partial charge in [0.05, 0.1) is 10.7 Å². The first-order valence-corrected chi connectivity index (χ1v) is 8.47. The predicted octanol–water partition coefficient (Wildman–Crippen LogP) is 5.00. The molecule has 1 N–H and O–H groups in total. The van der Waals surface area contributed by atoms with Crippen molar-refractivity contribution >= 4 is 15.9 Å². The second-order valence-corrected chi connectivity index (χ2v) is 7.13. The number of halogens is 1. The predicted molar refractivity (Wildman–Crippen MR) is 78.8 cm³/mol. The van der Waals surface area contributed by atoms with Gasteiger partial charge in [0.1, 0.15) is 11.4 Å². The average Bonchev–Trinajstić information content (AvgIpc) is 2.87. The van der Waals surface area contributed by atoms with Gasteiger partial charge in [-0.1, -0.05) is 44.9 Å². The Hall–Kier alpha value is -0.280. The van der Waals surface area contributed by atoms with Crippen LogP contribution >= 0.6 is 15.9 Å². The van der Waals surface area contributed by atoms with Crippen molar-refractivity contribution in [1.82, 2.24) is 0 Å². The summed E-state index contributed by atoms with van der Waals surface area (Å²) in [6.07, 6.45) is 12.6. The van der Waals surface area contributed by atoms with Crippen LogP contribution in [0.4, 0.5) is 0 Å². The Morgan fingerprint density at radius 1 is 1.11 bits per heavy atom. The molecule has 3 heteroatoms. The van der Waals surface area contributed by atoms with E-state index >= 15 is 0 Å². The first-order chi connectivity index (χ1) is 9.22. The van der Waals surface area contributed by atoms with E-state index in [4.69, 9.17) is 4.42 Å². The molecule has 2 aliphatic carbocycles. The highest BCUT2D eigenvalue weighted by Gasteiger charge is 2.47. The van der Waals surface area contributed by atoms with Crippen molar-refractivity contribution in [1.29, 1.82) is 0 Å². The van der Waals surface area contributed by atoms with Gasteiger partial charge in [-0.15, -0.1) is 0 Å². The van der Waals surface area contributed by atoms with Crippen molar-refractivity contribution in [2.24, 2.45) is 11.8 Å². The van der Waals surface area contributed by atoms with Gasteiger partial charge in [-0.3, -0.25) is 0 Å². The second-order valence-electron chi connectivity index (χ2n) is 6.27. The van der Waals surface area contributed by atoms with E-state index in [1.54, 1.807) is 6.26 Å². The molecule has 0 amide bonds. The molecular formula is C16H23BrO2. The van der Waals surface area contributed by atoms with E-state index in [9.17, 15) is 5.11 Å². The van der Waals surface area contributed by atoms with E-state index in [0.29, 0.717) is 11.8 Å². The van der Waals surface area contributed by atoms with Gasteiger partial charge in [-0.05, 0) is 46.7 Å². The highest BCUT2D eigenvalue weighted by molar-refractivity contribution is 9.10. The molecule has 0 aromatic carbocycles. The molecule has 2 unspecified atom stereocenters.